The van der Waals surface area contributed by atoms with E-state index in [4.69, 9.17) is 0 Å². The van der Waals surface area contributed by atoms with Gasteiger partial charge >= 0.3 is 0 Å². The normalized spacial score (nSPS) is 13.3. The van der Waals surface area contributed by atoms with E-state index in [9.17, 15) is 17.9 Å². The zero-order valence-corrected chi connectivity index (χ0v) is 14.0. The summed E-state index contributed by atoms with van der Waals surface area (Å²) in [5, 5.41) is 9.46. The number of aryl methyl sites for hydroxylation is 1. The van der Waals surface area contributed by atoms with Crippen LogP contribution in [0.15, 0.2) is 35.2 Å². The van der Waals surface area contributed by atoms with Gasteiger partial charge in [-0.3, -0.25) is 0 Å². The molecule has 0 aliphatic rings. The average molecular weight is 343 g/mol. The predicted octanol–water partition coefficient (Wildman–Crippen LogP) is 2.77. The molecule has 0 fully saturated rings. The molecule has 0 radical (unpaired) electrons. The Kier molecular flexibility index (Phi) is 5.33. The van der Waals surface area contributed by atoms with E-state index in [1.165, 1.54) is 30.4 Å². The third-order valence-electron chi connectivity index (χ3n) is 3.20. The lowest BCUT2D eigenvalue weighted by atomic mass is 10.2. The highest BCUT2D eigenvalue weighted by molar-refractivity contribution is 7.89. The van der Waals surface area contributed by atoms with Crippen molar-refractivity contribution in [2.75, 3.05) is 6.54 Å². The molecule has 120 valence electrons. The summed E-state index contributed by atoms with van der Waals surface area (Å²) in [4.78, 5) is 1.91. The van der Waals surface area contributed by atoms with Crippen LogP contribution in [0.2, 0.25) is 0 Å². The maximum Gasteiger partial charge on any atom is 0.240 e. The third kappa shape index (κ3) is 4.13. The predicted molar refractivity (Wildman–Crippen MR) is 85.0 cm³/mol. The fourth-order valence-electron chi connectivity index (χ4n) is 1.93. The molecule has 0 spiro atoms. The molecule has 22 heavy (non-hydrogen) atoms. The van der Waals surface area contributed by atoms with Crippen LogP contribution >= 0.6 is 11.3 Å². The van der Waals surface area contributed by atoms with Gasteiger partial charge in [0.15, 0.2) is 0 Å². The van der Waals surface area contributed by atoms with Crippen molar-refractivity contribution in [2.24, 2.45) is 0 Å². The van der Waals surface area contributed by atoms with Crippen molar-refractivity contribution in [2.45, 2.75) is 31.3 Å². The largest absolute Gasteiger partial charge is 0.388 e. The topological polar surface area (TPSA) is 66.4 Å². The lowest BCUT2D eigenvalue weighted by Gasteiger charge is -2.07. The first-order valence-electron chi connectivity index (χ1n) is 6.82. The van der Waals surface area contributed by atoms with Gasteiger partial charge in [0.25, 0.3) is 0 Å². The van der Waals surface area contributed by atoms with Crippen LogP contribution in [-0.2, 0) is 16.4 Å². The summed E-state index contributed by atoms with van der Waals surface area (Å²) >= 11 is 1.46. The van der Waals surface area contributed by atoms with E-state index in [-0.39, 0.29) is 11.4 Å². The number of halogens is 1. The third-order valence-corrected chi connectivity index (χ3v) is 5.97. The van der Waals surface area contributed by atoms with Gasteiger partial charge in [-0.2, -0.15) is 0 Å². The number of sulfonamides is 1. The van der Waals surface area contributed by atoms with E-state index in [2.05, 4.69) is 4.72 Å². The standard InChI is InChI=1S/C15H18FNO3S2/c1-10-9-13(4-5-14(10)16)22(19,20)17-8-7-12-3-6-15(21-12)11(2)18/h3-6,9,11,17-18H,7-8H2,1-2H3. The number of hydrogen-bond donors (Lipinski definition) is 2. The molecule has 1 heterocycles. The highest BCUT2D eigenvalue weighted by Crippen LogP contribution is 2.23. The molecule has 0 bridgehead atoms. The van der Waals surface area contributed by atoms with Crippen LogP contribution in [0.3, 0.4) is 0 Å². The van der Waals surface area contributed by atoms with Gasteiger partial charge in [-0.1, -0.05) is 0 Å². The maximum atomic E-state index is 13.2. The molecular weight excluding hydrogens is 325 g/mol. The molecular formula is C15H18FNO3S2. The highest BCUT2D eigenvalue weighted by Gasteiger charge is 2.15. The number of thiophene rings is 1. The summed E-state index contributed by atoms with van der Waals surface area (Å²) in [5.41, 5.74) is 0.294. The molecule has 0 aliphatic carbocycles. The Balaban J connectivity index is 1.98. The first kappa shape index (κ1) is 17.1. The second-order valence-corrected chi connectivity index (χ2v) is 8.01. The van der Waals surface area contributed by atoms with Gasteiger partial charge in [-0.15, -0.1) is 11.3 Å². The number of hydrogen-bond acceptors (Lipinski definition) is 4. The van der Waals surface area contributed by atoms with E-state index in [1.807, 2.05) is 12.1 Å². The molecule has 2 N–H and O–H groups in total. The fraction of sp³-hybridized carbons (Fsp3) is 0.333. The van der Waals surface area contributed by atoms with Crippen molar-refractivity contribution in [3.8, 4) is 0 Å². The van der Waals surface area contributed by atoms with Crippen LogP contribution in [0.5, 0.6) is 0 Å². The van der Waals surface area contributed by atoms with E-state index >= 15 is 0 Å². The summed E-state index contributed by atoms with van der Waals surface area (Å²) < 4.78 is 40.0. The SMILES string of the molecule is Cc1cc(S(=O)(=O)NCCc2ccc(C(C)O)s2)ccc1F. The van der Waals surface area contributed by atoms with Gasteiger partial charge < -0.3 is 5.11 Å². The average Bonchev–Trinajstić information content (AvgIpc) is 2.90. The first-order valence-corrected chi connectivity index (χ1v) is 9.12. The molecule has 0 saturated carbocycles. The molecule has 4 nitrogen and oxygen atoms in total. The lowest BCUT2D eigenvalue weighted by Crippen LogP contribution is -2.26. The van der Waals surface area contributed by atoms with Gasteiger partial charge in [0, 0.05) is 16.3 Å². The minimum Gasteiger partial charge on any atom is -0.388 e. The molecule has 1 unspecified atom stereocenters. The molecule has 2 aromatic rings. The first-order chi connectivity index (χ1) is 10.3. The van der Waals surface area contributed by atoms with Crippen LogP contribution in [0.25, 0.3) is 0 Å². The van der Waals surface area contributed by atoms with Crippen molar-refractivity contribution in [3.63, 3.8) is 0 Å². The molecule has 7 heteroatoms. The molecule has 1 aromatic carbocycles. The minimum absolute atomic E-state index is 0.0576. The Morgan fingerprint density at radius 2 is 2.05 bits per heavy atom. The van der Waals surface area contributed by atoms with Crippen LogP contribution in [0.4, 0.5) is 4.39 Å². The second-order valence-electron chi connectivity index (χ2n) is 5.04. The molecule has 1 atom stereocenters. The van der Waals surface area contributed by atoms with Crippen molar-refractivity contribution in [1.82, 2.24) is 4.72 Å². The number of rotatable bonds is 6. The minimum atomic E-state index is -3.64. The Morgan fingerprint density at radius 1 is 1.32 bits per heavy atom. The van der Waals surface area contributed by atoms with Crippen LogP contribution in [0.1, 0.15) is 28.3 Å². The summed E-state index contributed by atoms with van der Waals surface area (Å²) in [6, 6.07) is 7.43. The lowest BCUT2D eigenvalue weighted by molar-refractivity contribution is 0.203. The molecule has 0 amide bonds. The van der Waals surface area contributed by atoms with Gasteiger partial charge in [0.2, 0.25) is 10.0 Å². The fourth-order valence-corrected chi connectivity index (χ4v) is 4.00. The van der Waals surface area contributed by atoms with Crippen LogP contribution < -0.4 is 4.72 Å². The Morgan fingerprint density at radius 3 is 2.64 bits per heavy atom. The molecule has 2 rings (SSSR count). The zero-order chi connectivity index (χ0) is 16.3. The van der Waals surface area contributed by atoms with Crippen LogP contribution in [0, 0.1) is 12.7 Å². The Hall–Kier alpha value is -1.28. The van der Waals surface area contributed by atoms with Crippen LogP contribution in [-0.4, -0.2) is 20.1 Å². The number of aliphatic hydroxyl groups is 1. The number of aliphatic hydroxyl groups excluding tert-OH is 1. The van der Waals surface area contributed by atoms with Crippen molar-refractivity contribution >= 4 is 21.4 Å². The van der Waals surface area contributed by atoms with Crippen molar-refractivity contribution < 1.29 is 17.9 Å². The Bertz CT molecular complexity index is 754. The van der Waals surface area contributed by atoms with E-state index < -0.39 is 21.9 Å². The Labute approximate surface area is 133 Å². The molecule has 1 aromatic heterocycles. The summed E-state index contributed by atoms with van der Waals surface area (Å²) in [5.74, 6) is -0.428. The van der Waals surface area contributed by atoms with Gasteiger partial charge in [0.05, 0.1) is 11.0 Å². The van der Waals surface area contributed by atoms with E-state index in [1.54, 1.807) is 6.92 Å². The van der Waals surface area contributed by atoms with Crippen molar-refractivity contribution in [1.29, 1.82) is 0 Å². The quantitative estimate of drug-likeness (QED) is 0.847. The summed E-state index contributed by atoms with van der Waals surface area (Å²) in [6.07, 6.45) is 0.0224. The highest BCUT2D eigenvalue weighted by atomic mass is 32.2. The van der Waals surface area contributed by atoms with Gasteiger partial charge in [0.1, 0.15) is 5.82 Å². The maximum absolute atomic E-state index is 13.2. The van der Waals surface area contributed by atoms with E-state index in [0.29, 0.717) is 12.0 Å². The van der Waals surface area contributed by atoms with Crippen molar-refractivity contribution in [3.05, 3.63) is 51.5 Å². The molecule has 0 aliphatic heterocycles. The van der Waals surface area contributed by atoms with Gasteiger partial charge in [-0.25, -0.2) is 17.5 Å². The molecule has 0 saturated heterocycles. The zero-order valence-electron chi connectivity index (χ0n) is 12.3. The summed E-state index contributed by atoms with van der Waals surface area (Å²) in [7, 11) is -3.64. The number of benzene rings is 1. The monoisotopic (exact) mass is 343 g/mol. The second kappa shape index (κ2) is 6.87. The van der Waals surface area contributed by atoms with E-state index in [0.717, 1.165) is 15.8 Å². The summed E-state index contributed by atoms with van der Waals surface area (Å²) in [6.45, 7) is 3.46. The van der Waals surface area contributed by atoms with Gasteiger partial charge in [-0.05, 0) is 56.2 Å². The smallest absolute Gasteiger partial charge is 0.240 e. The number of nitrogens with one attached hydrogen (secondary N) is 1.